The first-order valence-electron chi connectivity index (χ1n) is 8.44. The zero-order chi connectivity index (χ0) is 20.0. The third kappa shape index (κ3) is 5.87. The number of hydrogen-bond donors (Lipinski definition) is 1. The van der Waals surface area contributed by atoms with Crippen LogP contribution in [-0.2, 0) is 14.8 Å². The molecule has 1 N–H and O–H groups in total. The Balaban J connectivity index is 2.01. The van der Waals surface area contributed by atoms with E-state index in [4.69, 9.17) is 16.3 Å². The van der Waals surface area contributed by atoms with Crippen molar-refractivity contribution in [3.8, 4) is 5.75 Å². The Morgan fingerprint density at radius 3 is 2.26 bits per heavy atom. The number of nitrogens with one attached hydrogen (secondary N) is 1. The molecule has 0 fully saturated rings. The lowest BCUT2D eigenvalue weighted by atomic mass is 10.2. The quantitative estimate of drug-likeness (QED) is 0.724. The first-order chi connectivity index (χ1) is 12.7. The SMILES string of the molecule is CC(C)CNC(=O)COc1ccc(N(C)S(=O)(=O)c2ccc(Cl)cc2)cc1. The van der Waals surface area contributed by atoms with E-state index in [0.29, 0.717) is 28.9 Å². The summed E-state index contributed by atoms with van der Waals surface area (Å²) < 4.78 is 31.9. The molecule has 2 rings (SSSR count). The molecule has 27 heavy (non-hydrogen) atoms. The van der Waals surface area contributed by atoms with Gasteiger partial charge in [0.1, 0.15) is 5.75 Å². The molecule has 2 aromatic carbocycles. The van der Waals surface area contributed by atoms with Crippen LogP contribution in [0, 0.1) is 5.92 Å². The monoisotopic (exact) mass is 410 g/mol. The van der Waals surface area contributed by atoms with Crippen LogP contribution < -0.4 is 14.4 Å². The van der Waals surface area contributed by atoms with E-state index in [0.717, 1.165) is 0 Å². The maximum atomic E-state index is 12.7. The summed E-state index contributed by atoms with van der Waals surface area (Å²) >= 11 is 5.81. The second kappa shape index (κ2) is 9.10. The van der Waals surface area contributed by atoms with Crippen LogP contribution in [-0.4, -0.2) is 34.5 Å². The van der Waals surface area contributed by atoms with E-state index >= 15 is 0 Å². The predicted molar refractivity (Wildman–Crippen MR) is 107 cm³/mol. The van der Waals surface area contributed by atoms with Crippen LogP contribution in [0.15, 0.2) is 53.4 Å². The zero-order valence-electron chi connectivity index (χ0n) is 15.5. The molecule has 0 spiro atoms. The number of rotatable bonds is 8. The third-order valence-electron chi connectivity index (χ3n) is 3.75. The summed E-state index contributed by atoms with van der Waals surface area (Å²) in [5.74, 6) is 0.650. The number of carbonyl (C=O) groups excluding carboxylic acids is 1. The van der Waals surface area contributed by atoms with Crippen LogP contribution in [0.25, 0.3) is 0 Å². The molecule has 0 aliphatic heterocycles. The fourth-order valence-electron chi connectivity index (χ4n) is 2.17. The Kier molecular flexibility index (Phi) is 7.10. The molecule has 0 radical (unpaired) electrons. The molecule has 2 aromatic rings. The van der Waals surface area contributed by atoms with Crippen molar-refractivity contribution in [2.24, 2.45) is 5.92 Å². The molecule has 6 nitrogen and oxygen atoms in total. The first kappa shape index (κ1) is 21.1. The van der Waals surface area contributed by atoms with Crippen LogP contribution in [0.4, 0.5) is 5.69 Å². The Morgan fingerprint density at radius 1 is 1.11 bits per heavy atom. The van der Waals surface area contributed by atoms with Crippen molar-refractivity contribution >= 4 is 33.2 Å². The molecule has 8 heteroatoms. The minimum absolute atomic E-state index is 0.0923. The molecule has 0 unspecified atom stereocenters. The van der Waals surface area contributed by atoms with Gasteiger partial charge < -0.3 is 10.1 Å². The summed E-state index contributed by atoms with van der Waals surface area (Å²) in [7, 11) is -2.22. The summed E-state index contributed by atoms with van der Waals surface area (Å²) in [5.41, 5.74) is 0.474. The van der Waals surface area contributed by atoms with Gasteiger partial charge in [-0.15, -0.1) is 0 Å². The number of amides is 1. The van der Waals surface area contributed by atoms with Crippen LogP contribution >= 0.6 is 11.6 Å². The molecule has 1 amide bonds. The molecule has 0 aliphatic rings. The number of halogens is 1. The van der Waals surface area contributed by atoms with Gasteiger partial charge in [-0.3, -0.25) is 9.10 Å². The van der Waals surface area contributed by atoms with Crippen molar-refractivity contribution in [1.29, 1.82) is 0 Å². The number of benzene rings is 2. The van der Waals surface area contributed by atoms with E-state index in [1.165, 1.54) is 35.6 Å². The van der Waals surface area contributed by atoms with E-state index < -0.39 is 10.0 Å². The minimum Gasteiger partial charge on any atom is -0.484 e. The topological polar surface area (TPSA) is 75.7 Å². The lowest BCUT2D eigenvalue weighted by molar-refractivity contribution is -0.123. The number of anilines is 1. The van der Waals surface area contributed by atoms with E-state index in [9.17, 15) is 13.2 Å². The molecule has 0 atom stereocenters. The molecule has 0 bridgehead atoms. The Morgan fingerprint density at radius 2 is 1.70 bits per heavy atom. The van der Waals surface area contributed by atoms with Crippen molar-refractivity contribution in [2.75, 3.05) is 24.5 Å². The second-order valence-corrected chi connectivity index (χ2v) is 8.81. The predicted octanol–water partition coefficient (Wildman–Crippen LogP) is 3.32. The Labute approximate surface area is 165 Å². The van der Waals surface area contributed by atoms with Gasteiger partial charge >= 0.3 is 0 Å². The second-order valence-electron chi connectivity index (χ2n) is 6.41. The Hall–Kier alpha value is -2.25. The van der Waals surface area contributed by atoms with Gasteiger partial charge in [-0.05, 0) is 54.4 Å². The number of nitrogens with zero attached hydrogens (tertiary/aromatic N) is 1. The standard InChI is InChI=1S/C19H23ClN2O4S/c1-14(2)12-21-19(23)13-26-17-8-6-16(7-9-17)22(3)27(24,25)18-10-4-15(20)5-11-18/h4-11,14H,12-13H2,1-3H3,(H,21,23). The number of ether oxygens (including phenoxy) is 1. The summed E-state index contributed by atoms with van der Waals surface area (Å²) in [5, 5.41) is 3.23. The molecular formula is C19H23ClN2O4S. The third-order valence-corrected chi connectivity index (χ3v) is 5.80. The number of carbonyl (C=O) groups is 1. The molecule has 0 aliphatic carbocycles. The van der Waals surface area contributed by atoms with Crippen LogP contribution in [0.2, 0.25) is 5.02 Å². The highest BCUT2D eigenvalue weighted by molar-refractivity contribution is 7.92. The van der Waals surface area contributed by atoms with Gasteiger partial charge in [0, 0.05) is 18.6 Å². The van der Waals surface area contributed by atoms with E-state index in [2.05, 4.69) is 5.32 Å². The summed E-state index contributed by atoms with van der Waals surface area (Å²) in [6, 6.07) is 12.5. The summed E-state index contributed by atoms with van der Waals surface area (Å²) in [6.07, 6.45) is 0. The van der Waals surface area contributed by atoms with Crippen molar-refractivity contribution in [1.82, 2.24) is 5.32 Å². The molecule has 0 aromatic heterocycles. The van der Waals surface area contributed by atoms with Gasteiger partial charge in [0.05, 0.1) is 10.6 Å². The highest BCUT2D eigenvalue weighted by atomic mass is 35.5. The lowest BCUT2D eigenvalue weighted by Crippen LogP contribution is -2.31. The highest BCUT2D eigenvalue weighted by Crippen LogP contribution is 2.25. The van der Waals surface area contributed by atoms with Gasteiger partial charge in [-0.2, -0.15) is 0 Å². The van der Waals surface area contributed by atoms with Gasteiger partial charge in [-0.1, -0.05) is 25.4 Å². The number of sulfonamides is 1. The molecule has 0 saturated heterocycles. The molecule has 0 heterocycles. The van der Waals surface area contributed by atoms with Crippen molar-refractivity contribution < 1.29 is 17.9 Å². The molecule has 146 valence electrons. The fourth-order valence-corrected chi connectivity index (χ4v) is 3.50. The van der Waals surface area contributed by atoms with Crippen LogP contribution in [0.5, 0.6) is 5.75 Å². The normalized spacial score (nSPS) is 11.3. The first-order valence-corrected chi connectivity index (χ1v) is 10.3. The molecular weight excluding hydrogens is 388 g/mol. The van der Waals surface area contributed by atoms with Crippen LogP contribution in [0.3, 0.4) is 0 Å². The van der Waals surface area contributed by atoms with Crippen molar-refractivity contribution in [2.45, 2.75) is 18.7 Å². The van der Waals surface area contributed by atoms with Gasteiger partial charge in [-0.25, -0.2) is 8.42 Å². The van der Waals surface area contributed by atoms with Crippen molar-refractivity contribution in [3.63, 3.8) is 0 Å². The summed E-state index contributed by atoms with van der Waals surface area (Å²) in [6.45, 7) is 4.52. The van der Waals surface area contributed by atoms with Gasteiger partial charge in [0.2, 0.25) is 0 Å². The van der Waals surface area contributed by atoms with Crippen molar-refractivity contribution in [3.05, 3.63) is 53.6 Å². The lowest BCUT2D eigenvalue weighted by Gasteiger charge is -2.20. The number of hydrogen-bond acceptors (Lipinski definition) is 4. The van der Waals surface area contributed by atoms with Gasteiger partial charge in [0.25, 0.3) is 15.9 Å². The minimum atomic E-state index is -3.69. The van der Waals surface area contributed by atoms with E-state index in [1.54, 1.807) is 24.3 Å². The largest absolute Gasteiger partial charge is 0.484 e. The average Bonchev–Trinajstić information content (AvgIpc) is 2.64. The highest BCUT2D eigenvalue weighted by Gasteiger charge is 2.21. The maximum absolute atomic E-state index is 12.7. The Bertz CT molecular complexity index is 866. The molecule has 0 saturated carbocycles. The van der Waals surface area contributed by atoms with Crippen LogP contribution in [0.1, 0.15) is 13.8 Å². The van der Waals surface area contributed by atoms with E-state index in [1.807, 2.05) is 13.8 Å². The average molecular weight is 411 g/mol. The summed E-state index contributed by atoms with van der Waals surface area (Å²) in [4.78, 5) is 11.8. The fraction of sp³-hybridized carbons (Fsp3) is 0.316. The maximum Gasteiger partial charge on any atom is 0.264 e. The smallest absolute Gasteiger partial charge is 0.264 e. The zero-order valence-corrected chi connectivity index (χ0v) is 17.0. The van der Waals surface area contributed by atoms with Gasteiger partial charge in [0.15, 0.2) is 6.61 Å². The van der Waals surface area contributed by atoms with E-state index in [-0.39, 0.29) is 17.4 Å².